The number of aromatic amines is 1. The van der Waals surface area contributed by atoms with Crippen molar-refractivity contribution in [3.05, 3.63) is 89.7 Å². The minimum absolute atomic E-state index is 0.0134. The molecule has 32 heavy (non-hydrogen) atoms. The molecule has 5 heteroatoms. The minimum Gasteiger partial charge on any atom is -0.392 e. The summed E-state index contributed by atoms with van der Waals surface area (Å²) in [6.07, 6.45) is 1.94. The third-order valence-corrected chi connectivity index (χ3v) is 6.34. The number of hydrogen-bond acceptors (Lipinski definition) is 4. The number of nitrogens with zero attached hydrogens (tertiary/aromatic N) is 2. The van der Waals surface area contributed by atoms with Crippen LogP contribution in [0.15, 0.2) is 72.8 Å². The van der Waals surface area contributed by atoms with Gasteiger partial charge in [0.1, 0.15) is 11.9 Å². The third kappa shape index (κ3) is 4.32. The van der Waals surface area contributed by atoms with Gasteiger partial charge in [0.25, 0.3) is 0 Å². The fourth-order valence-electron chi connectivity index (χ4n) is 4.52. The van der Waals surface area contributed by atoms with E-state index in [0.29, 0.717) is 0 Å². The molecule has 5 rings (SSSR count). The van der Waals surface area contributed by atoms with Crippen LogP contribution in [-0.2, 0) is 11.3 Å². The number of benzene rings is 3. The Morgan fingerprint density at radius 3 is 2.62 bits per heavy atom. The van der Waals surface area contributed by atoms with Crippen molar-refractivity contribution in [2.24, 2.45) is 0 Å². The largest absolute Gasteiger partial charge is 0.392 e. The summed E-state index contributed by atoms with van der Waals surface area (Å²) in [6, 6.07) is 24.5. The van der Waals surface area contributed by atoms with Gasteiger partial charge in [0.15, 0.2) is 0 Å². The van der Waals surface area contributed by atoms with Crippen LogP contribution in [0.25, 0.3) is 22.2 Å². The lowest BCUT2D eigenvalue weighted by Crippen LogP contribution is -2.35. The summed E-state index contributed by atoms with van der Waals surface area (Å²) in [7, 11) is 2.16. The van der Waals surface area contributed by atoms with Crippen molar-refractivity contribution in [3.8, 4) is 11.1 Å². The number of fused-ring (bicyclic) bond motifs is 1. The second kappa shape index (κ2) is 9.25. The molecule has 0 saturated carbocycles. The SMILES string of the molecule is CN1CCC(OC(c2cccc(-c3ccccc3CO)c2)c2nc3ccccc3[nH]2)CC1. The van der Waals surface area contributed by atoms with Crippen LogP contribution < -0.4 is 0 Å². The van der Waals surface area contributed by atoms with E-state index in [9.17, 15) is 5.11 Å². The molecule has 0 radical (unpaired) electrons. The van der Waals surface area contributed by atoms with Gasteiger partial charge in [-0.1, -0.05) is 54.6 Å². The van der Waals surface area contributed by atoms with Crippen molar-refractivity contribution in [2.75, 3.05) is 20.1 Å². The highest BCUT2D eigenvalue weighted by Crippen LogP contribution is 2.33. The number of ether oxygens (including phenoxy) is 1. The molecule has 0 aliphatic carbocycles. The summed E-state index contributed by atoms with van der Waals surface area (Å²) >= 11 is 0. The van der Waals surface area contributed by atoms with Crippen molar-refractivity contribution in [1.29, 1.82) is 0 Å². The predicted octanol–water partition coefficient (Wildman–Crippen LogP) is 4.92. The molecule has 1 aliphatic rings. The average molecular weight is 428 g/mol. The summed E-state index contributed by atoms with van der Waals surface area (Å²) in [4.78, 5) is 10.7. The van der Waals surface area contributed by atoms with Crippen LogP contribution in [0.1, 0.15) is 35.9 Å². The maximum Gasteiger partial charge on any atom is 0.141 e. The van der Waals surface area contributed by atoms with Crippen molar-refractivity contribution < 1.29 is 9.84 Å². The quantitative estimate of drug-likeness (QED) is 0.458. The molecule has 1 unspecified atom stereocenters. The lowest BCUT2D eigenvalue weighted by Gasteiger charge is -2.31. The lowest BCUT2D eigenvalue weighted by molar-refractivity contribution is -0.0264. The van der Waals surface area contributed by atoms with Crippen LogP contribution >= 0.6 is 0 Å². The zero-order valence-corrected chi connectivity index (χ0v) is 18.4. The van der Waals surface area contributed by atoms with Crippen LogP contribution in [0.3, 0.4) is 0 Å². The van der Waals surface area contributed by atoms with Gasteiger partial charge in [-0.3, -0.25) is 0 Å². The van der Waals surface area contributed by atoms with Gasteiger partial charge < -0.3 is 19.7 Å². The molecular formula is C27H29N3O2. The molecule has 1 fully saturated rings. The number of aliphatic hydroxyl groups excluding tert-OH is 1. The van der Waals surface area contributed by atoms with Gasteiger partial charge in [-0.05, 0) is 60.3 Å². The van der Waals surface area contributed by atoms with Crippen LogP contribution in [0, 0.1) is 0 Å². The number of rotatable bonds is 6. The Hall–Kier alpha value is -2.99. The highest BCUT2D eigenvalue weighted by Gasteiger charge is 2.26. The standard InChI is InChI=1S/C27H29N3O2/c1-30-15-13-22(14-16-30)32-26(27-28-24-11-4-5-12-25(24)29-27)20-9-6-8-19(17-20)23-10-3-2-7-21(23)18-31/h2-12,17,22,26,31H,13-16,18H2,1H3,(H,28,29). The first-order chi connectivity index (χ1) is 15.7. The van der Waals surface area contributed by atoms with Crippen molar-refractivity contribution in [3.63, 3.8) is 0 Å². The van der Waals surface area contributed by atoms with Crippen molar-refractivity contribution in [2.45, 2.75) is 31.7 Å². The fraction of sp³-hybridized carbons (Fsp3) is 0.296. The van der Waals surface area contributed by atoms with E-state index in [1.54, 1.807) is 0 Å². The van der Waals surface area contributed by atoms with Crippen molar-refractivity contribution >= 4 is 11.0 Å². The van der Waals surface area contributed by atoms with E-state index in [1.807, 2.05) is 42.5 Å². The third-order valence-electron chi connectivity index (χ3n) is 6.34. The van der Waals surface area contributed by atoms with Crippen molar-refractivity contribution in [1.82, 2.24) is 14.9 Å². The molecule has 3 aromatic carbocycles. The van der Waals surface area contributed by atoms with Gasteiger partial charge in [0, 0.05) is 13.1 Å². The molecule has 5 nitrogen and oxygen atoms in total. The Labute approximate surface area is 188 Å². The maximum absolute atomic E-state index is 9.81. The van der Waals surface area contributed by atoms with Gasteiger partial charge in [0.05, 0.1) is 23.7 Å². The van der Waals surface area contributed by atoms with E-state index in [1.165, 1.54) is 0 Å². The van der Waals surface area contributed by atoms with Gasteiger partial charge >= 0.3 is 0 Å². The van der Waals surface area contributed by atoms with E-state index in [4.69, 9.17) is 9.72 Å². The zero-order chi connectivity index (χ0) is 21.9. The number of piperidine rings is 1. The molecule has 164 valence electrons. The number of para-hydroxylation sites is 2. The molecule has 1 atom stereocenters. The monoisotopic (exact) mass is 427 g/mol. The molecule has 0 bridgehead atoms. The Kier molecular flexibility index (Phi) is 6.04. The first-order valence-electron chi connectivity index (χ1n) is 11.3. The van der Waals surface area contributed by atoms with Gasteiger partial charge in [-0.2, -0.15) is 0 Å². The maximum atomic E-state index is 9.81. The second-order valence-corrected chi connectivity index (χ2v) is 8.60. The highest BCUT2D eigenvalue weighted by atomic mass is 16.5. The first kappa shape index (κ1) is 20.9. The lowest BCUT2D eigenvalue weighted by atomic mass is 9.96. The van der Waals surface area contributed by atoms with E-state index in [2.05, 4.69) is 47.3 Å². The van der Waals surface area contributed by atoms with Gasteiger partial charge in [-0.25, -0.2) is 4.98 Å². The molecule has 0 spiro atoms. The Balaban J connectivity index is 1.54. The van der Waals surface area contributed by atoms with Crippen LogP contribution in [-0.4, -0.2) is 46.2 Å². The Morgan fingerprint density at radius 1 is 1.03 bits per heavy atom. The fourth-order valence-corrected chi connectivity index (χ4v) is 4.52. The molecule has 1 saturated heterocycles. The van der Waals surface area contributed by atoms with E-state index in [-0.39, 0.29) is 18.8 Å². The molecule has 4 aromatic rings. The summed E-state index contributed by atoms with van der Waals surface area (Å²) in [5, 5.41) is 9.81. The van der Waals surface area contributed by atoms with E-state index in [0.717, 1.165) is 65.0 Å². The number of aliphatic hydroxyl groups is 1. The number of hydrogen-bond donors (Lipinski definition) is 2. The zero-order valence-electron chi connectivity index (χ0n) is 18.4. The topological polar surface area (TPSA) is 61.4 Å². The summed E-state index contributed by atoms with van der Waals surface area (Å²) in [5.74, 6) is 0.831. The number of aromatic nitrogens is 2. The number of imidazole rings is 1. The number of likely N-dealkylation sites (tertiary alicyclic amines) is 1. The second-order valence-electron chi connectivity index (χ2n) is 8.60. The molecule has 2 N–H and O–H groups in total. The van der Waals surface area contributed by atoms with Crippen LogP contribution in [0.5, 0.6) is 0 Å². The Morgan fingerprint density at radius 2 is 1.81 bits per heavy atom. The minimum atomic E-state index is -0.281. The smallest absolute Gasteiger partial charge is 0.141 e. The van der Waals surface area contributed by atoms with Crippen LogP contribution in [0.2, 0.25) is 0 Å². The van der Waals surface area contributed by atoms with Crippen LogP contribution in [0.4, 0.5) is 0 Å². The first-order valence-corrected chi connectivity index (χ1v) is 11.3. The van der Waals surface area contributed by atoms with Gasteiger partial charge in [-0.15, -0.1) is 0 Å². The predicted molar refractivity (Wildman–Crippen MR) is 127 cm³/mol. The van der Waals surface area contributed by atoms with Gasteiger partial charge in [0.2, 0.25) is 0 Å². The molecular weight excluding hydrogens is 398 g/mol. The number of H-pyrrole nitrogens is 1. The normalized spacial score (nSPS) is 16.4. The summed E-state index contributed by atoms with van der Waals surface area (Å²) < 4.78 is 6.72. The molecule has 1 aromatic heterocycles. The number of nitrogens with one attached hydrogen (secondary N) is 1. The summed E-state index contributed by atoms with van der Waals surface area (Å²) in [6.45, 7) is 2.10. The highest BCUT2D eigenvalue weighted by molar-refractivity contribution is 5.75. The molecule has 2 heterocycles. The average Bonchev–Trinajstić information content (AvgIpc) is 3.27. The van der Waals surface area contributed by atoms with E-state index >= 15 is 0 Å². The molecule has 0 amide bonds. The molecule has 1 aliphatic heterocycles. The Bertz CT molecular complexity index is 1160. The van der Waals surface area contributed by atoms with E-state index < -0.39 is 0 Å². The summed E-state index contributed by atoms with van der Waals surface area (Å²) in [5.41, 5.74) is 6.05.